The smallest absolute Gasteiger partial charge is 0.247 e. The van der Waals surface area contributed by atoms with Crippen LogP contribution in [0.25, 0.3) is 5.82 Å². The Morgan fingerprint density at radius 1 is 1.24 bits per heavy atom. The lowest BCUT2D eigenvalue weighted by Crippen LogP contribution is -2.31. The van der Waals surface area contributed by atoms with Crippen LogP contribution in [0.15, 0.2) is 47.8 Å². The number of rotatable bonds is 4. The summed E-state index contributed by atoms with van der Waals surface area (Å²) in [5.74, 6) is 0.591. The Morgan fingerprint density at radius 3 is 2.84 bits per heavy atom. The molecule has 0 saturated carbocycles. The Bertz CT molecular complexity index is 965. The molecule has 130 valence electrons. The standard InChI is InChI=1S/C16H18N6O2S/c1-12-15(11-19-22(12)16-6-2-3-8-17-16)25(23,24)21-10-4-5-14(21)13-7-9-18-20-13/h2-3,6-9,11,14H,4-5,10H2,1H3,(H,18,20)/t14-/m1/s1. The molecule has 0 aliphatic carbocycles. The van der Waals surface area contributed by atoms with E-state index in [1.807, 2.05) is 12.1 Å². The first-order valence-electron chi connectivity index (χ1n) is 8.06. The Kier molecular flexibility index (Phi) is 3.89. The molecule has 3 aromatic heterocycles. The molecule has 1 atom stereocenters. The summed E-state index contributed by atoms with van der Waals surface area (Å²) in [5, 5.41) is 11.1. The van der Waals surface area contributed by atoms with Crippen molar-refractivity contribution in [3.05, 3.63) is 54.2 Å². The van der Waals surface area contributed by atoms with Gasteiger partial charge >= 0.3 is 0 Å². The molecule has 0 aromatic carbocycles. The molecule has 8 nitrogen and oxygen atoms in total. The first-order chi connectivity index (χ1) is 12.1. The molecule has 3 aromatic rings. The van der Waals surface area contributed by atoms with E-state index >= 15 is 0 Å². The van der Waals surface area contributed by atoms with Gasteiger partial charge in [-0.3, -0.25) is 5.10 Å². The molecular formula is C16H18N6O2S. The van der Waals surface area contributed by atoms with Crippen LogP contribution in [0.5, 0.6) is 0 Å². The summed E-state index contributed by atoms with van der Waals surface area (Å²) >= 11 is 0. The minimum absolute atomic E-state index is 0.213. The van der Waals surface area contributed by atoms with Crippen LogP contribution in [-0.4, -0.2) is 44.2 Å². The Morgan fingerprint density at radius 2 is 2.12 bits per heavy atom. The van der Waals surface area contributed by atoms with E-state index in [2.05, 4.69) is 20.3 Å². The van der Waals surface area contributed by atoms with Gasteiger partial charge in [-0.15, -0.1) is 0 Å². The highest BCUT2D eigenvalue weighted by Crippen LogP contribution is 2.36. The highest BCUT2D eigenvalue weighted by atomic mass is 32.2. The van der Waals surface area contributed by atoms with Gasteiger partial charge in [0.1, 0.15) is 4.90 Å². The van der Waals surface area contributed by atoms with Crippen molar-refractivity contribution < 1.29 is 8.42 Å². The lowest BCUT2D eigenvalue weighted by molar-refractivity contribution is 0.390. The van der Waals surface area contributed by atoms with Crippen LogP contribution in [0.3, 0.4) is 0 Å². The summed E-state index contributed by atoms with van der Waals surface area (Å²) in [7, 11) is -3.66. The van der Waals surface area contributed by atoms with Gasteiger partial charge in [0.2, 0.25) is 10.0 Å². The lowest BCUT2D eigenvalue weighted by Gasteiger charge is -2.22. The predicted molar refractivity (Wildman–Crippen MR) is 90.6 cm³/mol. The molecule has 0 spiro atoms. The van der Waals surface area contributed by atoms with Crippen LogP contribution in [0, 0.1) is 6.92 Å². The van der Waals surface area contributed by atoms with Gasteiger partial charge in [0, 0.05) is 18.9 Å². The maximum atomic E-state index is 13.2. The quantitative estimate of drug-likeness (QED) is 0.767. The molecule has 1 aliphatic rings. The van der Waals surface area contributed by atoms with Crippen molar-refractivity contribution in [1.82, 2.24) is 29.3 Å². The van der Waals surface area contributed by atoms with Crippen LogP contribution in [0.4, 0.5) is 0 Å². The van der Waals surface area contributed by atoms with Gasteiger partial charge in [0.15, 0.2) is 5.82 Å². The second kappa shape index (κ2) is 6.08. The van der Waals surface area contributed by atoms with Crippen molar-refractivity contribution in [2.75, 3.05) is 6.54 Å². The van der Waals surface area contributed by atoms with E-state index in [9.17, 15) is 8.42 Å². The molecular weight excluding hydrogens is 340 g/mol. The van der Waals surface area contributed by atoms with Crippen molar-refractivity contribution >= 4 is 10.0 Å². The van der Waals surface area contributed by atoms with Crippen molar-refractivity contribution in [3.8, 4) is 5.82 Å². The fourth-order valence-electron chi connectivity index (χ4n) is 3.28. The predicted octanol–water partition coefficient (Wildman–Crippen LogP) is 1.82. The zero-order valence-corrected chi connectivity index (χ0v) is 14.5. The minimum Gasteiger partial charge on any atom is -0.281 e. The molecule has 25 heavy (non-hydrogen) atoms. The zero-order chi connectivity index (χ0) is 17.4. The number of nitrogens with zero attached hydrogens (tertiary/aromatic N) is 5. The topological polar surface area (TPSA) is 96.8 Å². The Balaban J connectivity index is 1.73. The molecule has 1 saturated heterocycles. The average Bonchev–Trinajstić information content (AvgIpc) is 3.35. The Hall–Kier alpha value is -2.52. The molecule has 9 heteroatoms. The summed E-state index contributed by atoms with van der Waals surface area (Å²) in [6.07, 6.45) is 6.29. The van der Waals surface area contributed by atoms with Gasteiger partial charge in [-0.1, -0.05) is 6.07 Å². The number of aromatic amines is 1. The van der Waals surface area contributed by atoms with E-state index in [1.54, 1.807) is 36.1 Å². The fraction of sp³-hybridized carbons (Fsp3) is 0.312. The van der Waals surface area contributed by atoms with E-state index in [4.69, 9.17) is 0 Å². The molecule has 1 N–H and O–H groups in total. The highest BCUT2D eigenvalue weighted by Gasteiger charge is 2.38. The van der Waals surface area contributed by atoms with Gasteiger partial charge < -0.3 is 0 Å². The molecule has 4 heterocycles. The van der Waals surface area contributed by atoms with Crippen molar-refractivity contribution in [2.45, 2.75) is 30.7 Å². The molecule has 0 unspecified atom stereocenters. The van der Waals surface area contributed by atoms with Crippen molar-refractivity contribution in [1.29, 1.82) is 0 Å². The second-order valence-electron chi connectivity index (χ2n) is 5.98. The first kappa shape index (κ1) is 16.0. The van der Waals surface area contributed by atoms with Crippen LogP contribution in [0.1, 0.15) is 30.3 Å². The zero-order valence-electron chi connectivity index (χ0n) is 13.7. The average molecular weight is 358 g/mol. The highest BCUT2D eigenvalue weighted by molar-refractivity contribution is 7.89. The fourth-order valence-corrected chi connectivity index (χ4v) is 5.09. The van der Waals surface area contributed by atoms with Crippen LogP contribution < -0.4 is 0 Å². The van der Waals surface area contributed by atoms with E-state index in [0.29, 0.717) is 18.1 Å². The summed E-state index contributed by atoms with van der Waals surface area (Å²) in [6, 6.07) is 7.04. The van der Waals surface area contributed by atoms with Gasteiger partial charge in [-0.25, -0.2) is 18.1 Å². The normalized spacial score (nSPS) is 18.7. The maximum Gasteiger partial charge on any atom is 0.247 e. The van der Waals surface area contributed by atoms with Crippen LogP contribution in [0.2, 0.25) is 0 Å². The van der Waals surface area contributed by atoms with Crippen LogP contribution >= 0.6 is 0 Å². The number of hydrogen-bond acceptors (Lipinski definition) is 5. The number of pyridine rings is 1. The number of aromatic nitrogens is 5. The van der Waals surface area contributed by atoms with Gasteiger partial charge in [-0.2, -0.15) is 14.5 Å². The number of hydrogen-bond donors (Lipinski definition) is 1. The third-order valence-corrected chi connectivity index (χ3v) is 6.51. The van der Waals surface area contributed by atoms with Crippen molar-refractivity contribution in [3.63, 3.8) is 0 Å². The largest absolute Gasteiger partial charge is 0.281 e. The van der Waals surface area contributed by atoms with Gasteiger partial charge in [0.05, 0.1) is 23.6 Å². The molecule has 1 fully saturated rings. The second-order valence-corrected chi connectivity index (χ2v) is 7.84. The first-order valence-corrected chi connectivity index (χ1v) is 9.50. The summed E-state index contributed by atoms with van der Waals surface area (Å²) in [5.41, 5.74) is 1.37. The number of nitrogens with one attached hydrogen (secondary N) is 1. The van der Waals surface area contributed by atoms with Crippen LogP contribution in [-0.2, 0) is 10.0 Å². The van der Waals surface area contributed by atoms with E-state index in [1.165, 1.54) is 10.5 Å². The van der Waals surface area contributed by atoms with Crippen molar-refractivity contribution in [2.24, 2.45) is 0 Å². The molecule has 1 aliphatic heterocycles. The molecule has 4 rings (SSSR count). The monoisotopic (exact) mass is 358 g/mol. The Labute approximate surface area is 145 Å². The van der Waals surface area contributed by atoms with Gasteiger partial charge in [-0.05, 0) is 38.0 Å². The number of H-pyrrole nitrogens is 1. The maximum absolute atomic E-state index is 13.2. The molecule has 0 amide bonds. The van der Waals surface area contributed by atoms with Gasteiger partial charge in [0.25, 0.3) is 0 Å². The third kappa shape index (κ3) is 2.65. The SMILES string of the molecule is Cc1c(S(=O)(=O)N2CCC[C@@H]2c2ccn[nH]2)cnn1-c1ccccn1. The third-order valence-electron chi connectivity index (χ3n) is 4.50. The summed E-state index contributed by atoms with van der Waals surface area (Å²) < 4.78 is 29.5. The summed E-state index contributed by atoms with van der Waals surface area (Å²) in [6.45, 7) is 2.23. The number of sulfonamides is 1. The molecule has 0 bridgehead atoms. The van der Waals surface area contributed by atoms with E-state index < -0.39 is 10.0 Å². The summed E-state index contributed by atoms with van der Waals surface area (Å²) in [4.78, 5) is 4.45. The minimum atomic E-state index is -3.66. The van der Waals surface area contributed by atoms with E-state index in [-0.39, 0.29) is 10.9 Å². The van der Waals surface area contributed by atoms with E-state index in [0.717, 1.165) is 18.5 Å². The molecule has 0 radical (unpaired) electrons. The lowest BCUT2D eigenvalue weighted by atomic mass is 10.2.